The third-order valence-corrected chi connectivity index (χ3v) is 3.07. The number of nitriles is 1. The third kappa shape index (κ3) is 3.11. The summed E-state index contributed by atoms with van der Waals surface area (Å²) in [6.45, 7) is 4.30. The Morgan fingerprint density at radius 1 is 1.38 bits per heavy atom. The van der Waals surface area contributed by atoms with Gasteiger partial charge in [0.15, 0.2) is 0 Å². The van der Waals surface area contributed by atoms with Crippen molar-refractivity contribution in [3.05, 3.63) is 0 Å². The smallest absolute Gasteiger partial charge is 0.287 e. The lowest BCUT2D eigenvalue weighted by molar-refractivity contribution is -0.188. The molecule has 0 radical (unpaired) electrons. The van der Waals surface area contributed by atoms with Gasteiger partial charge in [0, 0.05) is 6.54 Å². The summed E-state index contributed by atoms with van der Waals surface area (Å²) in [5.74, 6) is -1.20. The monoisotopic (exact) mass is 234 g/mol. The zero-order valence-electron chi connectivity index (χ0n) is 9.59. The molecule has 0 spiro atoms. The molecular weight excluding hydrogens is 217 g/mol. The van der Waals surface area contributed by atoms with Crippen LogP contribution in [0.15, 0.2) is 0 Å². The van der Waals surface area contributed by atoms with Crippen LogP contribution in [0, 0.1) is 23.2 Å². The molecule has 0 aliphatic carbocycles. The molecule has 0 amide bonds. The van der Waals surface area contributed by atoms with Crippen molar-refractivity contribution in [3.63, 3.8) is 0 Å². The minimum Gasteiger partial charge on any atom is -0.287 e. The molecule has 1 saturated heterocycles. The lowest BCUT2D eigenvalue weighted by atomic mass is 9.94. The van der Waals surface area contributed by atoms with Gasteiger partial charge in [0.2, 0.25) is 0 Å². The topological polar surface area (TPSA) is 27.0 Å². The average Bonchev–Trinajstić information content (AvgIpc) is 2.17. The van der Waals surface area contributed by atoms with Crippen LogP contribution in [0.1, 0.15) is 26.7 Å². The van der Waals surface area contributed by atoms with Gasteiger partial charge in [-0.1, -0.05) is 13.8 Å². The van der Waals surface area contributed by atoms with Crippen molar-refractivity contribution in [1.82, 2.24) is 4.90 Å². The van der Waals surface area contributed by atoms with E-state index in [1.54, 1.807) is 4.90 Å². The van der Waals surface area contributed by atoms with Gasteiger partial charge in [0.1, 0.15) is 6.04 Å². The van der Waals surface area contributed by atoms with E-state index in [0.717, 1.165) is 0 Å². The van der Waals surface area contributed by atoms with Crippen LogP contribution in [0.2, 0.25) is 0 Å². The molecule has 1 aliphatic heterocycles. The van der Waals surface area contributed by atoms with E-state index in [1.807, 2.05) is 13.8 Å². The minimum atomic E-state index is -4.13. The molecule has 2 nitrogen and oxygen atoms in total. The predicted octanol–water partition coefficient (Wildman–Crippen LogP) is 2.81. The molecule has 2 unspecified atom stereocenters. The Balaban J connectivity index is 2.67. The van der Waals surface area contributed by atoms with E-state index in [0.29, 0.717) is 13.0 Å². The Labute approximate surface area is 94.0 Å². The fourth-order valence-electron chi connectivity index (χ4n) is 2.18. The SMILES string of the molecule is CC(C)C(C#N)N1CCCC(C(F)(F)F)C1. The number of nitrogens with zero attached hydrogens (tertiary/aromatic N) is 2. The summed E-state index contributed by atoms with van der Waals surface area (Å²) in [6.07, 6.45) is -3.42. The zero-order valence-corrected chi connectivity index (χ0v) is 9.59. The van der Waals surface area contributed by atoms with Crippen molar-refractivity contribution < 1.29 is 13.2 Å². The maximum absolute atomic E-state index is 12.6. The summed E-state index contributed by atoms with van der Waals surface area (Å²) in [6, 6.07) is 1.70. The van der Waals surface area contributed by atoms with Crippen molar-refractivity contribution in [2.45, 2.75) is 38.9 Å². The Kier molecular flexibility index (Phi) is 4.20. The van der Waals surface area contributed by atoms with Crippen LogP contribution in [0.25, 0.3) is 0 Å². The largest absolute Gasteiger partial charge is 0.393 e. The van der Waals surface area contributed by atoms with Gasteiger partial charge in [0.05, 0.1) is 12.0 Å². The number of hydrogen-bond acceptors (Lipinski definition) is 2. The maximum atomic E-state index is 12.6. The van der Waals surface area contributed by atoms with E-state index in [1.165, 1.54) is 0 Å². The van der Waals surface area contributed by atoms with Crippen molar-refractivity contribution >= 4 is 0 Å². The standard InChI is InChI=1S/C11H17F3N2/c1-8(2)10(6-15)16-5-3-4-9(7-16)11(12,13)14/h8-10H,3-5,7H2,1-2H3. The van der Waals surface area contributed by atoms with Crippen LogP contribution in [-0.4, -0.2) is 30.2 Å². The highest BCUT2D eigenvalue weighted by Crippen LogP contribution is 2.34. The van der Waals surface area contributed by atoms with Crippen molar-refractivity contribution in [2.75, 3.05) is 13.1 Å². The zero-order chi connectivity index (χ0) is 12.3. The molecule has 1 fully saturated rings. The Bertz CT molecular complexity index is 267. The number of halogens is 3. The number of rotatable bonds is 2. The predicted molar refractivity (Wildman–Crippen MR) is 54.6 cm³/mol. The van der Waals surface area contributed by atoms with Crippen molar-refractivity contribution in [3.8, 4) is 6.07 Å². The summed E-state index contributed by atoms with van der Waals surface area (Å²) in [5, 5.41) is 8.96. The molecule has 0 aromatic rings. The summed E-state index contributed by atoms with van der Waals surface area (Å²) >= 11 is 0. The second-order valence-corrected chi connectivity index (χ2v) is 4.69. The molecule has 1 rings (SSSR count). The molecule has 2 atom stereocenters. The first kappa shape index (κ1) is 13.3. The van der Waals surface area contributed by atoms with E-state index >= 15 is 0 Å². The maximum Gasteiger partial charge on any atom is 0.393 e. The fraction of sp³-hybridized carbons (Fsp3) is 0.909. The van der Waals surface area contributed by atoms with Crippen molar-refractivity contribution in [1.29, 1.82) is 5.26 Å². The third-order valence-electron chi connectivity index (χ3n) is 3.07. The van der Waals surface area contributed by atoms with Crippen LogP contribution < -0.4 is 0 Å². The van der Waals surface area contributed by atoms with Gasteiger partial charge in [-0.05, 0) is 25.3 Å². The highest BCUT2D eigenvalue weighted by atomic mass is 19.4. The lowest BCUT2D eigenvalue weighted by Crippen LogP contribution is -2.47. The summed E-state index contributed by atoms with van der Waals surface area (Å²) in [7, 11) is 0. The number of likely N-dealkylation sites (tertiary alicyclic amines) is 1. The molecule has 92 valence electrons. The van der Waals surface area contributed by atoms with E-state index in [-0.39, 0.29) is 18.9 Å². The summed E-state index contributed by atoms with van der Waals surface area (Å²) in [5.41, 5.74) is 0. The Hall–Kier alpha value is -0.760. The molecule has 0 aromatic carbocycles. The van der Waals surface area contributed by atoms with Crippen molar-refractivity contribution in [2.24, 2.45) is 11.8 Å². The van der Waals surface area contributed by atoms with E-state index in [9.17, 15) is 13.2 Å². The molecule has 1 heterocycles. The van der Waals surface area contributed by atoms with Gasteiger partial charge in [-0.15, -0.1) is 0 Å². The summed E-state index contributed by atoms with van der Waals surface area (Å²) in [4.78, 5) is 1.67. The molecule has 0 aromatic heterocycles. The van der Waals surface area contributed by atoms with Crippen LogP contribution in [0.4, 0.5) is 13.2 Å². The van der Waals surface area contributed by atoms with Gasteiger partial charge in [0.25, 0.3) is 0 Å². The molecule has 0 bridgehead atoms. The van der Waals surface area contributed by atoms with Crippen LogP contribution in [0.5, 0.6) is 0 Å². The van der Waals surface area contributed by atoms with E-state index < -0.39 is 18.1 Å². The average molecular weight is 234 g/mol. The first-order valence-corrected chi connectivity index (χ1v) is 5.56. The Morgan fingerprint density at radius 3 is 2.44 bits per heavy atom. The normalized spacial score (nSPS) is 25.4. The van der Waals surface area contributed by atoms with Crippen LogP contribution >= 0.6 is 0 Å². The van der Waals surface area contributed by atoms with Gasteiger partial charge in [-0.2, -0.15) is 18.4 Å². The highest BCUT2D eigenvalue weighted by Gasteiger charge is 2.43. The second kappa shape index (κ2) is 5.05. The van der Waals surface area contributed by atoms with E-state index in [2.05, 4.69) is 6.07 Å². The first-order chi connectivity index (χ1) is 7.36. The molecular formula is C11H17F3N2. The molecule has 5 heteroatoms. The lowest BCUT2D eigenvalue weighted by Gasteiger charge is -2.37. The molecule has 16 heavy (non-hydrogen) atoms. The van der Waals surface area contributed by atoms with Gasteiger partial charge >= 0.3 is 6.18 Å². The number of alkyl halides is 3. The molecule has 1 aliphatic rings. The quantitative estimate of drug-likeness (QED) is 0.734. The summed E-state index contributed by atoms with van der Waals surface area (Å²) < 4.78 is 37.7. The van der Waals surface area contributed by atoms with Crippen LogP contribution in [-0.2, 0) is 0 Å². The Morgan fingerprint density at radius 2 is 2.00 bits per heavy atom. The van der Waals surface area contributed by atoms with Gasteiger partial charge in [-0.25, -0.2) is 0 Å². The van der Waals surface area contributed by atoms with Crippen LogP contribution in [0.3, 0.4) is 0 Å². The molecule has 0 N–H and O–H groups in total. The van der Waals surface area contributed by atoms with Gasteiger partial charge in [-0.3, -0.25) is 4.90 Å². The fourth-order valence-corrected chi connectivity index (χ4v) is 2.18. The number of hydrogen-bond donors (Lipinski definition) is 0. The first-order valence-electron chi connectivity index (χ1n) is 5.56. The molecule has 0 saturated carbocycles. The van der Waals surface area contributed by atoms with Gasteiger partial charge < -0.3 is 0 Å². The second-order valence-electron chi connectivity index (χ2n) is 4.69. The van der Waals surface area contributed by atoms with E-state index in [4.69, 9.17) is 5.26 Å². The highest BCUT2D eigenvalue weighted by molar-refractivity contribution is 4.96. The minimum absolute atomic E-state index is 0.0279. The number of piperidine rings is 1.